The van der Waals surface area contributed by atoms with E-state index in [0.29, 0.717) is 13.0 Å². The van der Waals surface area contributed by atoms with Crippen molar-refractivity contribution in [3.8, 4) is 0 Å². The van der Waals surface area contributed by atoms with E-state index < -0.39 is 0 Å². The van der Waals surface area contributed by atoms with Gasteiger partial charge in [-0.1, -0.05) is 11.6 Å². The SMILES string of the molecule is CC(=O)N(Cc1cncnc1)[C@@H]1CCCN(C(=O)CC2=CCCCC2)CC1. The van der Waals surface area contributed by atoms with Crippen LogP contribution < -0.4 is 0 Å². The van der Waals surface area contributed by atoms with Crippen LogP contribution in [0.4, 0.5) is 0 Å². The van der Waals surface area contributed by atoms with E-state index in [2.05, 4.69) is 16.0 Å². The second-order valence-corrected chi connectivity index (χ2v) is 7.64. The van der Waals surface area contributed by atoms with Gasteiger partial charge in [-0.25, -0.2) is 9.97 Å². The topological polar surface area (TPSA) is 66.4 Å². The van der Waals surface area contributed by atoms with E-state index >= 15 is 0 Å². The van der Waals surface area contributed by atoms with E-state index in [1.165, 1.54) is 24.7 Å². The molecule has 1 atom stereocenters. The van der Waals surface area contributed by atoms with E-state index in [9.17, 15) is 9.59 Å². The van der Waals surface area contributed by atoms with Gasteiger partial charge in [-0.2, -0.15) is 0 Å². The lowest BCUT2D eigenvalue weighted by Gasteiger charge is -2.30. The van der Waals surface area contributed by atoms with Crippen molar-refractivity contribution in [3.05, 3.63) is 35.9 Å². The number of hydrogen-bond acceptors (Lipinski definition) is 4. The second-order valence-electron chi connectivity index (χ2n) is 7.64. The van der Waals surface area contributed by atoms with Gasteiger partial charge in [-0.15, -0.1) is 0 Å². The third-order valence-corrected chi connectivity index (χ3v) is 5.63. The maximum absolute atomic E-state index is 12.7. The number of amides is 2. The molecule has 2 amide bonds. The summed E-state index contributed by atoms with van der Waals surface area (Å²) in [5.41, 5.74) is 2.25. The van der Waals surface area contributed by atoms with Crippen molar-refractivity contribution in [3.63, 3.8) is 0 Å². The zero-order chi connectivity index (χ0) is 19.1. The normalized spacial score (nSPS) is 20.6. The van der Waals surface area contributed by atoms with Gasteiger partial charge < -0.3 is 9.80 Å². The minimum Gasteiger partial charge on any atom is -0.342 e. The van der Waals surface area contributed by atoms with Crippen LogP contribution in [-0.2, 0) is 16.1 Å². The largest absolute Gasteiger partial charge is 0.342 e. The first-order chi connectivity index (χ1) is 13.1. The molecule has 2 aliphatic rings. The highest BCUT2D eigenvalue weighted by Gasteiger charge is 2.26. The Morgan fingerprint density at radius 1 is 1.15 bits per heavy atom. The fourth-order valence-corrected chi connectivity index (χ4v) is 4.12. The van der Waals surface area contributed by atoms with Gasteiger partial charge in [-0.3, -0.25) is 9.59 Å². The Balaban J connectivity index is 1.58. The Labute approximate surface area is 161 Å². The predicted molar refractivity (Wildman–Crippen MR) is 104 cm³/mol. The van der Waals surface area contributed by atoms with E-state index in [-0.39, 0.29) is 17.9 Å². The fraction of sp³-hybridized carbons (Fsp3) is 0.619. The standard InChI is InChI=1S/C21H30N4O2/c1-17(26)25(15-19-13-22-16-23-14-19)20-8-5-10-24(11-9-20)21(27)12-18-6-3-2-4-7-18/h6,13-14,16,20H,2-5,7-12,15H2,1H3/t20-/m1/s1. The molecule has 6 heteroatoms. The molecule has 2 heterocycles. The Kier molecular flexibility index (Phi) is 6.96. The summed E-state index contributed by atoms with van der Waals surface area (Å²) in [6, 6.07) is 0.161. The monoisotopic (exact) mass is 370 g/mol. The third kappa shape index (κ3) is 5.62. The maximum Gasteiger partial charge on any atom is 0.226 e. The fourth-order valence-electron chi connectivity index (χ4n) is 4.12. The van der Waals surface area contributed by atoms with Crippen LogP contribution in [-0.4, -0.2) is 50.7 Å². The molecule has 3 rings (SSSR count). The molecule has 1 aromatic rings. The number of carbonyl (C=O) groups is 2. The lowest BCUT2D eigenvalue weighted by atomic mass is 9.97. The van der Waals surface area contributed by atoms with Gasteiger partial charge in [0, 0.05) is 57.0 Å². The van der Waals surface area contributed by atoms with Crippen LogP contribution in [0.25, 0.3) is 0 Å². The van der Waals surface area contributed by atoms with Crippen molar-refractivity contribution < 1.29 is 9.59 Å². The predicted octanol–water partition coefficient (Wildman–Crippen LogP) is 3.10. The quantitative estimate of drug-likeness (QED) is 0.747. The summed E-state index contributed by atoms with van der Waals surface area (Å²) >= 11 is 0. The number of carbonyl (C=O) groups excluding carboxylic acids is 2. The van der Waals surface area contributed by atoms with Gasteiger partial charge in [0.2, 0.25) is 11.8 Å². The molecule has 1 aliphatic carbocycles. The molecule has 146 valence electrons. The van der Waals surface area contributed by atoms with Gasteiger partial charge in [0.15, 0.2) is 0 Å². The molecule has 1 fully saturated rings. The number of likely N-dealkylation sites (tertiary alicyclic amines) is 1. The summed E-state index contributed by atoms with van der Waals surface area (Å²) in [5.74, 6) is 0.311. The molecular formula is C21H30N4O2. The third-order valence-electron chi connectivity index (χ3n) is 5.63. The number of aromatic nitrogens is 2. The average Bonchev–Trinajstić information content (AvgIpc) is 2.93. The molecular weight excluding hydrogens is 340 g/mol. The molecule has 27 heavy (non-hydrogen) atoms. The van der Waals surface area contributed by atoms with Crippen molar-refractivity contribution >= 4 is 11.8 Å². The van der Waals surface area contributed by atoms with Crippen LogP contribution >= 0.6 is 0 Å². The van der Waals surface area contributed by atoms with Gasteiger partial charge in [0.05, 0.1) is 0 Å². The molecule has 0 spiro atoms. The van der Waals surface area contributed by atoms with Crippen LogP contribution in [0.2, 0.25) is 0 Å². The number of nitrogens with zero attached hydrogens (tertiary/aromatic N) is 4. The second kappa shape index (κ2) is 9.62. The van der Waals surface area contributed by atoms with Crippen molar-refractivity contribution in [2.75, 3.05) is 13.1 Å². The first-order valence-corrected chi connectivity index (χ1v) is 10.1. The van der Waals surface area contributed by atoms with Crippen molar-refractivity contribution in [1.29, 1.82) is 0 Å². The lowest BCUT2D eigenvalue weighted by Crippen LogP contribution is -2.39. The molecule has 0 bridgehead atoms. The molecule has 0 aromatic carbocycles. The molecule has 0 unspecified atom stereocenters. The first-order valence-electron chi connectivity index (χ1n) is 10.1. The summed E-state index contributed by atoms with van der Waals surface area (Å²) in [6.45, 7) is 3.67. The highest BCUT2D eigenvalue weighted by molar-refractivity contribution is 5.79. The molecule has 6 nitrogen and oxygen atoms in total. The molecule has 0 radical (unpaired) electrons. The van der Waals surface area contributed by atoms with Crippen molar-refractivity contribution in [2.45, 2.75) is 70.9 Å². The summed E-state index contributed by atoms with van der Waals surface area (Å²) in [7, 11) is 0. The molecule has 1 aromatic heterocycles. The molecule has 0 saturated carbocycles. The van der Waals surface area contributed by atoms with E-state index in [1.807, 2.05) is 9.80 Å². The number of allylic oxidation sites excluding steroid dienone is 1. The van der Waals surface area contributed by atoms with Crippen molar-refractivity contribution in [1.82, 2.24) is 19.8 Å². The Morgan fingerprint density at radius 2 is 1.96 bits per heavy atom. The summed E-state index contributed by atoms with van der Waals surface area (Å²) in [5, 5.41) is 0. The zero-order valence-electron chi connectivity index (χ0n) is 16.3. The van der Waals surface area contributed by atoms with Crippen LogP contribution in [0.1, 0.15) is 63.9 Å². The smallest absolute Gasteiger partial charge is 0.226 e. The molecule has 0 N–H and O–H groups in total. The maximum atomic E-state index is 12.7. The minimum absolute atomic E-state index is 0.0657. The first kappa shape index (κ1) is 19.5. The Hall–Kier alpha value is -2.24. The summed E-state index contributed by atoms with van der Waals surface area (Å²) in [4.78, 5) is 36.9. The Morgan fingerprint density at radius 3 is 2.67 bits per heavy atom. The number of hydrogen-bond donors (Lipinski definition) is 0. The van der Waals surface area contributed by atoms with Gasteiger partial charge in [-0.05, 0) is 44.9 Å². The van der Waals surface area contributed by atoms with Crippen LogP contribution in [0.3, 0.4) is 0 Å². The lowest BCUT2D eigenvalue weighted by molar-refractivity contribution is -0.132. The molecule has 1 aliphatic heterocycles. The van der Waals surface area contributed by atoms with Gasteiger partial charge >= 0.3 is 0 Å². The van der Waals surface area contributed by atoms with E-state index in [4.69, 9.17) is 0 Å². The van der Waals surface area contributed by atoms with E-state index in [0.717, 1.165) is 50.8 Å². The average molecular weight is 370 g/mol. The van der Waals surface area contributed by atoms with Crippen LogP contribution in [0.15, 0.2) is 30.4 Å². The summed E-state index contributed by atoms with van der Waals surface area (Å²) in [6.07, 6.45) is 15.2. The van der Waals surface area contributed by atoms with Crippen LogP contribution in [0, 0.1) is 0 Å². The van der Waals surface area contributed by atoms with Crippen molar-refractivity contribution in [2.24, 2.45) is 0 Å². The van der Waals surface area contributed by atoms with E-state index in [1.54, 1.807) is 19.3 Å². The molecule has 1 saturated heterocycles. The minimum atomic E-state index is 0.0657. The number of rotatable bonds is 5. The Bertz CT molecular complexity index is 674. The summed E-state index contributed by atoms with van der Waals surface area (Å²) < 4.78 is 0. The highest BCUT2D eigenvalue weighted by atomic mass is 16.2. The van der Waals surface area contributed by atoms with Crippen LogP contribution in [0.5, 0.6) is 0 Å². The zero-order valence-corrected chi connectivity index (χ0v) is 16.3. The van der Waals surface area contributed by atoms with Gasteiger partial charge in [0.1, 0.15) is 6.33 Å². The van der Waals surface area contributed by atoms with Gasteiger partial charge in [0.25, 0.3) is 0 Å². The highest BCUT2D eigenvalue weighted by Crippen LogP contribution is 2.23.